The lowest BCUT2D eigenvalue weighted by atomic mass is 9.76. The summed E-state index contributed by atoms with van der Waals surface area (Å²) in [4.78, 5) is 0. The molecule has 0 N–H and O–H groups in total. The zero-order valence-corrected chi connectivity index (χ0v) is 10.1. The Morgan fingerprint density at radius 3 is 2.29 bits per heavy atom. The van der Waals surface area contributed by atoms with Crippen LogP contribution in [-0.4, -0.2) is 12.2 Å². The molecule has 0 heterocycles. The summed E-state index contributed by atoms with van der Waals surface area (Å²) in [6.45, 7) is 7.71. The minimum absolute atomic E-state index is 0.163. The lowest BCUT2D eigenvalue weighted by Gasteiger charge is -2.39. The number of ether oxygens (including phenoxy) is 1. The van der Waals surface area contributed by atoms with Crippen LogP contribution >= 0.6 is 0 Å². The van der Waals surface area contributed by atoms with Crippen molar-refractivity contribution in [2.24, 2.45) is 5.92 Å². The van der Waals surface area contributed by atoms with Gasteiger partial charge in [-0.15, -0.1) is 0 Å². The first-order valence-electron chi connectivity index (χ1n) is 6.37. The van der Waals surface area contributed by atoms with Gasteiger partial charge < -0.3 is 4.74 Å². The number of hydrogen-bond acceptors (Lipinski definition) is 1. The maximum Gasteiger partial charge on any atom is 0.0679 e. The Bertz CT molecular complexity index is 149. The zero-order valence-electron chi connectivity index (χ0n) is 10.1. The highest BCUT2D eigenvalue weighted by atomic mass is 16.5. The Morgan fingerprint density at radius 2 is 1.79 bits per heavy atom. The van der Waals surface area contributed by atoms with E-state index in [4.69, 9.17) is 4.74 Å². The molecule has 1 fully saturated rings. The van der Waals surface area contributed by atoms with E-state index >= 15 is 0 Å². The molecule has 0 bridgehead atoms. The van der Waals surface area contributed by atoms with Crippen molar-refractivity contribution in [2.45, 2.75) is 71.3 Å². The topological polar surface area (TPSA) is 9.23 Å². The van der Waals surface area contributed by atoms with Gasteiger partial charge in [0.05, 0.1) is 5.60 Å². The van der Waals surface area contributed by atoms with Crippen molar-refractivity contribution in [3.05, 3.63) is 0 Å². The molecule has 0 amide bonds. The van der Waals surface area contributed by atoms with Crippen LogP contribution in [0.1, 0.15) is 65.7 Å². The minimum Gasteiger partial charge on any atom is -0.375 e. The van der Waals surface area contributed by atoms with Crippen LogP contribution in [0.25, 0.3) is 0 Å². The van der Waals surface area contributed by atoms with Gasteiger partial charge in [0.25, 0.3) is 0 Å². The molecule has 0 aromatic rings. The van der Waals surface area contributed by atoms with Crippen LogP contribution in [0.2, 0.25) is 0 Å². The highest BCUT2D eigenvalue weighted by molar-refractivity contribution is 4.85. The van der Waals surface area contributed by atoms with E-state index in [0.29, 0.717) is 0 Å². The Hall–Kier alpha value is -0.0400. The lowest BCUT2D eigenvalue weighted by molar-refractivity contribution is -0.0857. The third kappa shape index (κ3) is 2.98. The third-order valence-electron chi connectivity index (χ3n) is 3.81. The van der Waals surface area contributed by atoms with Crippen molar-refractivity contribution in [3.63, 3.8) is 0 Å². The molecule has 1 aliphatic rings. The highest BCUT2D eigenvalue weighted by Gasteiger charge is 2.33. The largest absolute Gasteiger partial charge is 0.375 e. The molecule has 1 saturated carbocycles. The van der Waals surface area contributed by atoms with Gasteiger partial charge in [0.2, 0.25) is 0 Å². The predicted molar refractivity (Wildman–Crippen MR) is 61.5 cm³/mol. The van der Waals surface area contributed by atoms with Crippen LogP contribution in [0.3, 0.4) is 0 Å². The molecular weight excluding hydrogens is 172 g/mol. The second kappa shape index (κ2) is 5.75. The molecule has 0 saturated heterocycles. The fraction of sp³-hybridized carbons (Fsp3) is 1.00. The van der Waals surface area contributed by atoms with Crippen LogP contribution in [0.4, 0.5) is 0 Å². The smallest absolute Gasteiger partial charge is 0.0679 e. The maximum atomic E-state index is 6.07. The van der Waals surface area contributed by atoms with Gasteiger partial charge in [0.1, 0.15) is 0 Å². The Balaban J connectivity index is 2.47. The molecule has 14 heavy (non-hydrogen) atoms. The second-order valence-electron chi connectivity index (χ2n) is 4.85. The standard InChI is InChI=1S/C13H26O/c1-4-11-14-13(3,5-2)12-9-7-6-8-10-12/h12H,4-11H2,1-3H3. The molecule has 1 heteroatoms. The average molecular weight is 198 g/mol. The fourth-order valence-electron chi connectivity index (χ4n) is 2.56. The van der Waals surface area contributed by atoms with Gasteiger partial charge in [-0.1, -0.05) is 33.1 Å². The lowest BCUT2D eigenvalue weighted by Crippen LogP contribution is -2.38. The van der Waals surface area contributed by atoms with E-state index in [9.17, 15) is 0 Å². The summed E-state index contributed by atoms with van der Waals surface area (Å²) in [5.41, 5.74) is 0.163. The average Bonchev–Trinajstić information content (AvgIpc) is 2.27. The van der Waals surface area contributed by atoms with Gasteiger partial charge in [0.15, 0.2) is 0 Å². The van der Waals surface area contributed by atoms with Crippen molar-refractivity contribution in [1.82, 2.24) is 0 Å². The molecule has 1 atom stereocenters. The van der Waals surface area contributed by atoms with Crippen LogP contribution in [0.5, 0.6) is 0 Å². The third-order valence-corrected chi connectivity index (χ3v) is 3.81. The van der Waals surface area contributed by atoms with Crippen molar-refractivity contribution in [2.75, 3.05) is 6.61 Å². The van der Waals surface area contributed by atoms with E-state index in [1.165, 1.54) is 32.1 Å². The Kier molecular flexibility index (Phi) is 4.94. The summed E-state index contributed by atoms with van der Waals surface area (Å²) in [6.07, 6.45) is 9.33. The predicted octanol–water partition coefficient (Wildman–Crippen LogP) is 4.16. The van der Waals surface area contributed by atoms with Crippen LogP contribution in [0.15, 0.2) is 0 Å². The van der Waals surface area contributed by atoms with Gasteiger partial charge in [-0.25, -0.2) is 0 Å². The molecule has 84 valence electrons. The van der Waals surface area contributed by atoms with Crippen molar-refractivity contribution >= 4 is 0 Å². The Labute approximate surface area is 89.2 Å². The van der Waals surface area contributed by atoms with Crippen molar-refractivity contribution < 1.29 is 4.74 Å². The second-order valence-corrected chi connectivity index (χ2v) is 4.85. The molecule has 1 aliphatic carbocycles. The maximum absolute atomic E-state index is 6.07. The molecule has 1 rings (SSSR count). The molecule has 0 aromatic heterocycles. The molecule has 0 aromatic carbocycles. The molecule has 1 nitrogen and oxygen atoms in total. The first kappa shape index (κ1) is 12.0. The van der Waals surface area contributed by atoms with Gasteiger partial charge >= 0.3 is 0 Å². The Morgan fingerprint density at radius 1 is 1.14 bits per heavy atom. The SMILES string of the molecule is CCCOC(C)(CC)C1CCCCC1. The highest BCUT2D eigenvalue weighted by Crippen LogP contribution is 2.36. The van der Waals surface area contributed by atoms with E-state index in [0.717, 1.165) is 25.4 Å². The fourth-order valence-corrected chi connectivity index (χ4v) is 2.56. The summed E-state index contributed by atoms with van der Waals surface area (Å²) in [6, 6.07) is 0. The number of hydrogen-bond donors (Lipinski definition) is 0. The molecule has 0 spiro atoms. The minimum atomic E-state index is 0.163. The molecule has 0 radical (unpaired) electrons. The van der Waals surface area contributed by atoms with E-state index in [1.807, 2.05) is 0 Å². The first-order chi connectivity index (χ1) is 6.73. The summed E-state index contributed by atoms with van der Waals surface area (Å²) in [5, 5.41) is 0. The molecular formula is C13H26O. The van der Waals surface area contributed by atoms with Crippen molar-refractivity contribution in [1.29, 1.82) is 0 Å². The van der Waals surface area contributed by atoms with E-state index in [-0.39, 0.29) is 5.60 Å². The monoisotopic (exact) mass is 198 g/mol. The van der Waals surface area contributed by atoms with Crippen LogP contribution < -0.4 is 0 Å². The van der Waals surface area contributed by atoms with E-state index in [2.05, 4.69) is 20.8 Å². The van der Waals surface area contributed by atoms with Gasteiger partial charge in [-0.05, 0) is 38.5 Å². The summed E-state index contributed by atoms with van der Waals surface area (Å²) in [5.74, 6) is 0.813. The first-order valence-corrected chi connectivity index (χ1v) is 6.37. The van der Waals surface area contributed by atoms with Gasteiger partial charge in [0, 0.05) is 6.61 Å². The summed E-state index contributed by atoms with van der Waals surface area (Å²) >= 11 is 0. The van der Waals surface area contributed by atoms with E-state index < -0.39 is 0 Å². The molecule has 1 unspecified atom stereocenters. The van der Waals surface area contributed by atoms with Gasteiger partial charge in [-0.2, -0.15) is 0 Å². The van der Waals surface area contributed by atoms with Crippen molar-refractivity contribution in [3.8, 4) is 0 Å². The van der Waals surface area contributed by atoms with E-state index in [1.54, 1.807) is 0 Å². The molecule has 0 aliphatic heterocycles. The van der Waals surface area contributed by atoms with Crippen LogP contribution in [-0.2, 0) is 4.74 Å². The number of rotatable bonds is 5. The van der Waals surface area contributed by atoms with Gasteiger partial charge in [-0.3, -0.25) is 0 Å². The zero-order chi connectivity index (χ0) is 10.4. The van der Waals surface area contributed by atoms with Crippen LogP contribution in [0, 0.1) is 5.92 Å². The quantitative estimate of drug-likeness (QED) is 0.644. The normalized spacial score (nSPS) is 23.4. The summed E-state index contributed by atoms with van der Waals surface area (Å²) in [7, 11) is 0. The summed E-state index contributed by atoms with van der Waals surface area (Å²) < 4.78 is 6.07.